The number of benzene rings is 1. The highest BCUT2D eigenvalue weighted by molar-refractivity contribution is 5.98. The topological polar surface area (TPSA) is 105 Å². The van der Waals surface area contributed by atoms with Crippen molar-refractivity contribution >= 4 is 11.9 Å². The Labute approximate surface area is 81.6 Å². The molecule has 0 aliphatic heterocycles. The van der Waals surface area contributed by atoms with Crippen molar-refractivity contribution in [3.05, 3.63) is 41.9 Å². The lowest BCUT2D eigenvalue weighted by Crippen LogP contribution is -2.40. The summed E-state index contributed by atoms with van der Waals surface area (Å²) in [5, 5.41) is 9.55. The molecule has 6 N–H and O–H groups in total. The number of primary amides is 1. The van der Waals surface area contributed by atoms with Crippen LogP contribution >= 0.6 is 0 Å². The van der Waals surface area contributed by atoms with E-state index < -0.39 is 6.03 Å². The van der Waals surface area contributed by atoms with Gasteiger partial charge in [-0.25, -0.2) is 4.79 Å². The van der Waals surface area contributed by atoms with Crippen LogP contribution in [0.3, 0.4) is 0 Å². The summed E-state index contributed by atoms with van der Waals surface area (Å²) in [7, 11) is 0. The van der Waals surface area contributed by atoms with Crippen LogP contribution in [0.2, 0.25) is 0 Å². The maximum absolute atomic E-state index is 10.6. The highest BCUT2D eigenvalue weighted by Gasteiger charge is 2.16. The second kappa shape index (κ2) is 4.27. The van der Waals surface area contributed by atoms with Gasteiger partial charge in [0.2, 0.25) is 0 Å². The average Bonchev–Trinajstić information content (AvgIpc) is 2.15. The predicted octanol–water partition coefficient (Wildman–Crippen LogP) is 0.171. The van der Waals surface area contributed by atoms with E-state index in [9.17, 15) is 4.79 Å². The van der Waals surface area contributed by atoms with Crippen LogP contribution < -0.4 is 16.8 Å². The van der Waals surface area contributed by atoms with Gasteiger partial charge in [-0.15, -0.1) is 0 Å². The molecule has 0 fully saturated rings. The first kappa shape index (κ1) is 10.0. The van der Waals surface area contributed by atoms with Gasteiger partial charge in [-0.05, 0) is 5.56 Å². The van der Waals surface area contributed by atoms with Crippen molar-refractivity contribution in [1.82, 2.24) is 5.32 Å². The highest BCUT2D eigenvalue weighted by atomic mass is 16.2. The number of nitrogens with one attached hydrogen (secondary N) is 2. The van der Waals surface area contributed by atoms with Gasteiger partial charge in [0.15, 0.2) is 6.04 Å². The molecule has 1 radical (unpaired) electrons. The Morgan fingerprint density at radius 1 is 1.21 bits per heavy atom. The molecule has 5 heteroatoms. The molecular weight excluding hydrogens is 180 g/mol. The van der Waals surface area contributed by atoms with Gasteiger partial charge in [0, 0.05) is 0 Å². The molecule has 1 aromatic rings. The number of hydrogen-bond acceptors (Lipinski definition) is 2. The van der Waals surface area contributed by atoms with Crippen LogP contribution in [0.25, 0.3) is 0 Å². The third kappa shape index (κ3) is 2.48. The summed E-state index contributed by atoms with van der Waals surface area (Å²) in [4.78, 5) is 10.6. The summed E-state index contributed by atoms with van der Waals surface area (Å²) < 4.78 is 0. The zero-order valence-corrected chi connectivity index (χ0v) is 7.45. The number of carbonyl (C=O) groups is 1. The molecule has 0 saturated heterocycles. The van der Waals surface area contributed by atoms with Crippen LogP contribution in [-0.2, 0) is 0 Å². The van der Waals surface area contributed by atoms with E-state index in [1.165, 1.54) is 0 Å². The van der Waals surface area contributed by atoms with Gasteiger partial charge in [-0.3, -0.25) is 5.41 Å². The molecule has 73 valence electrons. The van der Waals surface area contributed by atoms with E-state index in [1.54, 1.807) is 24.3 Å². The van der Waals surface area contributed by atoms with E-state index in [4.69, 9.17) is 16.9 Å². The average molecular weight is 191 g/mol. The van der Waals surface area contributed by atoms with Gasteiger partial charge in [-0.2, -0.15) is 0 Å². The fraction of sp³-hybridized carbons (Fsp3) is 0. The zero-order valence-electron chi connectivity index (χ0n) is 7.45. The third-order valence-electron chi connectivity index (χ3n) is 1.58. The fourth-order valence-corrected chi connectivity index (χ4v) is 1.02. The Morgan fingerprint density at radius 2 is 1.79 bits per heavy atom. The molecule has 0 saturated carbocycles. The van der Waals surface area contributed by atoms with Gasteiger partial charge >= 0.3 is 6.03 Å². The molecule has 0 aromatic heterocycles. The van der Waals surface area contributed by atoms with Crippen LogP contribution in [0.15, 0.2) is 30.3 Å². The number of rotatable bonds is 3. The van der Waals surface area contributed by atoms with E-state index in [0.717, 1.165) is 0 Å². The molecular formula is C9H11N4O. The van der Waals surface area contributed by atoms with Crippen molar-refractivity contribution in [2.45, 2.75) is 0 Å². The number of hydrogen-bond donors (Lipinski definition) is 4. The van der Waals surface area contributed by atoms with Crippen molar-refractivity contribution in [1.29, 1.82) is 5.41 Å². The summed E-state index contributed by atoms with van der Waals surface area (Å²) >= 11 is 0. The lowest BCUT2D eigenvalue weighted by Gasteiger charge is -2.14. The Morgan fingerprint density at radius 3 is 2.21 bits per heavy atom. The Balaban J connectivity index is 2.89. The molecule has 0 unspecified atom stereocenters. The van der Waals surface area contributed by atoms with Crippen molar-refractivity contribution in [3.8, 4) is 0 Å². The van der Waals surface area contributed by atoms with E-state index in [2.05, 4.69) is 5.32 Å². The highest BCUT2D eigenvalue weighted by Crippen LogP contribution is 2.10. The van der Waals surface area contributed by atoms with E-state index >= 15 is 0 Å². The van der Waals surface area contributed by atoms with Crippen molar-refractivity contribution in [2.75, 3.05) is 0 Å². The Kier molecular flexibility index (Phi) is 3.06. The standard InChI is InChI=1S/C9H11N4O/c10-8(11)7(13-9(12)14)6-4-2-1-3-5-6/h1-5H,(H3,10,11)(H3,12,13,14). The fourth-order valence-electron chi connectivity index (χ4n) is 1.02. The number of urea groups is 1. The number of amidine groups is 1. The first-order chi connectivity index (χ1) is 6.61. The van der Waals surface area contributed by atoms with Gasteiger partial charge in [-0.1, -0.05) is 30.3 Å². The molecule has 14 heavy (non-hydrogen) atoms. The molecule has 1 rings (SSSR count). The lowest BCUT2D eigenvalue weighted by atomic mass is 10.1. The van der Waals surface area contributed by atoms with Crippen molar-refractivity contribution < 1.29 is 4.79 Å². The smallest absolute Gasteiger partial charge is 0.313 e. The SMILES string of the molecule is N=C(N)[C](NC(N)=O)c1ccccc1. The summed E-state index contributed by atoms with van der Waals surface area (Å²) in [6, 6.07) is 8.32. The van der Waals surface area contributed by atoms with E-state index in [0.29, 0.717) is 5.56 Å². The normalized spacial score (nSPS) is 9.79. The van der Waals surface area contributed by atoms with E-state index in [1.807, 2.05) is 6.07 Å². The maximum atomic E-state index is 10.6. The first-order valence-corrected chi connectivity index (χ1v) is 3.94. The number of nitrogens with two attached hydrogens (primary N) is 2. The molecule has 1 aromatic carbocycles. The Bertz CT molecular complexity index is 336. The summed E-state index contributed by atoms with van der Waals surface area (Å²) in [6.45, 7) is 0. The van der Waals surface area contributed by atoms with Gasteiger partial charge in [0.05, 0.1) is 0 Å². The lowest BCUT2D eigenvalue weighted by molar-refractivity contribution is 0.250. The van der Waals surface area contributed by atoms with Crippen LogP contribution in [0.4, 0.5) is 4.79 Å². The van der Waals surface area contributed by atoms with Crippen LogP contribution in [0, 0.1) is 11.5 Å². The number of carbonyl (C=O) groups excluding carboxylic acids is 1. The monoisotopic (exact) mass is 191 g/mol. The Hall–Kier alpha value is -2.04. The van der Waals surface area contributed by atoms with E-state index in [-0.39, 0.29) is 11.9 Å². The van der Waals surface area contributed by atoms with Crippen molar-refractivity contribution in [2.24, 2.45) is 11.5 Å². The molecule has 0 atom stereocenters. The quantitative estimate of drug-likeness (QED) is 0.404. The van der Waals surface area contributed by atoms with Crippen LogP contribution in [0.5, 0.6) is 0 Å². The van der Waals surface area contributed by atoms with Crippen LogP contribution in [0.1, 0.15) is 5.56 Å². The van der Waals surface area contributed by atoms with Crippen LogP contribution in [-0.4, -0.2) is 11.9 Å². The van der Waals surface area contributed by atoms with Gasteiger partial charge in [0.1, 0.15) is 5.84 Å². The maximum Gasteiger partial charge on any atom is 0.313 e. The minimum absolute atomic E-state index is 0.220. The third-order valence-corrected chi connectivity index (χ3v) is 1.58. The largest absolute Gasteiger partial charge is 0.385 e. The summed E-state index contributed by atoms with van der Waals surface area (Å²) in [5.74, 6) is -0.227. The minimum Gasteiger partial charge on any atom is -0.385 e. The molecule has 0 spiro atoms. The minimum atomic E-state index is -0.737. The summed E-state index contributed by atoms with van der Waals surface area (Å²) in [5.41, 5.74) is 10.9. The summed E-state index contributed by atoms with van der Waals surface area (Å²) in [6.07, 6.45) is 0. The molecule has 2 amide bonds. The van der Waals surface area contributed by atoms with Gasteiger partial charge < -0.3 is 16.8 Å². The zero-order chi connectivity index (χ0) is 10.6. The van der Waals surface area contributed by atoms with Crippen molar-refractivity contribution in [3.63, 3.8) is 0 Å². The first-order valence-electron chi connectivity index (χ1n) is 3.94. The molecule has 0 aliphatic carbocycles. The molecule has 5 nitrogen and oxygen atoms in total. The molecule has 0 heterocycles. The molecule has 0 aliphatic rings. The number of amides is 2. The second-order valence-electron chi connectivity index (χ2n) is 2.64. The second-order valence-corrected chi connectivity index (χ2v) is 2.64. The molecule has 0 bridgehead atoms. The van der Waals surface area contributed by atoms with Gasteiger partial charge in [0.25, 0.3) is 0 Å². The predicted molar refractivity (Wildman–Crippen MR) is 53.4 cm³/mol.